The Kier molecular flexibility index (Phi) is 6.20. The van der Waals surface area contributed by atoms with Crippen LogP contribution in [0.25, 0.3) is 11.3 Å². The quantitative estimate of drug-likeness (QED) is 0.280. The summed E-state index contributed by atoms with van der Waals surface area (Å²) in [5.74, 6) is 0.814. The predicted molar refractivity (Wildman–Crippen MR) is 125 cm³/mol. The largest absolute Gasteiger partial charge is 0.489 e. The van der Waals surface area contributed by atoms with Gasteiger partial charge in [-0.15, -0.1) is 11.3 Å². The fourth-order valence-corrected chi connectivity index (χ4v) is 3.61. The van der Waals surface area contributed by atoms with Crippen molar-refractivity contribution in [1.29, 1.82) is 0 Å². The summed E-state index contributed by atoms with van der Waals surface area (Å²) < 4.78 is 5.88. The molecule has 0 aliphatic rings. The van der Waals surface area contributed by atoms with Gasteiger partial charge < -0.3 is 4.74 Å². The van der Waals surface area contributed by atoms with Crippen LogP contribution in [0, 0.1) is 13.8 Å². The molecule has 0 aliphatic heterocycles. The SMILES string of the molecule is Cc1ccc(-c2csc(N/N=C\c3cccc(OCc4ccccc4)c3)n2)cc1C. The average molecular weight is 414 g/mol. The fourth-order valence-electron chi connectivity index (χ4n) is 2.95. The van der Waals surface area contributed by atoms with Crippen LogP contribution >= 0.6 is 11.3 Å². The number of anilines is 1. The van der Waals surface area contributed by atoms with Gasteiger partial charge in [0.05, 0.1) is 11.9 Å². The maximum absolute atomic E-state index is 5.88. The van der Waals surface area contributed by atoms with E-state index in [1.165, 1.54) is 22.5 Å². The van der Waals surface area contributed by atoms with E-state index in [4.69, 9.17) is 4.74 Å². The van der Waals surface area contributed by atoms with Gasteiger partial charge in [0.1, 0.15) is 12.4 Å². The molecule has 0 aliphatic carbocycles. The van der Waals surface area contributed by atoms with Crippen molar-refractivity contribution in [2.75, 3.05) is 5.43 Å². The van der Waals surface area contributed by atoms with Crippen molar-refractivity contribution < 1.29 is 4.74 Å². The molecule has 0 unspecified atom stereocenters. The molecule has 30 heavy (non-hydrogen) atoms. The Morgan fingerprint density at radius 3 is 2.67 bits per heavy atom. The van der Waals surface area contributed by atoms with Crippen LogP contribution in [0.2, 0.25) is 0 Å². The van der Waals surface area contributed by atoms with E-state index in [-0.39, 0.29) is 0 Å². The van der Waals surface area contributed by atoms with Crippen molar-refractivity contribution in [2.24, 2.45) is 5.10 Å². The van der Waals surface area contributed by atoms with Gasteiger partial charge in [-0.3, -0.25) is 5.43 Å². The molecule has 1 heterocycles. The van der Waals surface area contributed by atoms with Gasteiger partial charge in [0.2, 0.25) is 5.13 Å². The molecule has 5 heteroatoms. The van der Waals surface area contributed by atoms with Gasteiger partial charge in [0, 0.05) is 10.9 Å². The molecule has 3 aromatic carbocycles. The number of thiazole rings is 1. The van der Waals surface area contributed by atoms with Gasteiger partial charge in [-0.05, 0) is 54.3 Å². The van der Waals surface area contributed by atoms with Gasteiger partial charge in [-0.2, -0.15) is 5.10 Å². The maximum Gasteiger partial charge on any atom is 0.203 e. The molecule has 0 saturated carbocycles. The lowest BCUT2D eigenvalue weighted by molar-refractivity contribution is 0.306. The minimum absolute atomic E-state index is 0.542. The van der Waals surface area contributed by atoms with Crippen LogP contribution in [0.1, 0.15) is 22.3 Å². The van der Waals surface area contributed by atoms with Gasteiger partial charge >= 0.3 is 0 Å². The topological polar surface area (TPSA) is 46.5 Å². The summed E-state index contributed by atoms with van der Waals surface area (Å²) in [4.78, 5) is 4.63. The number of benzene rings is 3. The average Bonchev–Trinajstić information content (AvgIpc) is 3.24. The molecule has 0 spiro atoms. The summed E-state index contributed by atoms with van der Waals surface area (Å²) in [5.41, 5.74) is 9.75. The molecule has 0 saturated heterocycles. The minimum Gasteiger partial charge on any atom is -0.489 e. The first-order valence-corrected chi connectivity index (χ1v) is 10.6. The molecule has 150 valence electrons. The van der Waals surface area contributed by atoms with Crippen LogP contribution in [0.5, 0.6) is 5.75 Å². The second-order valence-corrected chi connectivity index (χ2v) is 7.91. The monoisotopic (exact) mass is 413 g/mol. The van der Waals surface area contributed by atoms with E-state index in [9.17, 15) is 0 Å². The Morgan fingerprint density at radius 1 is 0.967 bits per heavy atom. The molecule has 0 fully saturated rings. The third-order valence-electron chi connectivity index (χ3n) is 4.79. The summed E-state index contributed by atoms with van der Waals surface area (Å²) in [6.07, 6.45) is 1.77. The number of hydrazone groups is 1. The smallest absolute Gasteiger partial charge is 0.203 e. The number of aromatic nitrogens is 1. The molecule has 1 aromatic heterocycles. The number of nitrogens with one attached hydrogen (secondary N) is 1. The Bertz CT molecular complexity index is 1150. The Balaban J connectivity index is 1.36. The van der Waals surface area contributed by atoms with Crippen molar-refractivity contribution in [1.82, 2.24) is 4.98 Å². The Hall–Kier alpha value is -3.44. The van der Waals surface area contributed by atoms with E-state index >= 15 is 0 Å². The number of ether oxygens (including phenoxy) is 1. The zero-order chi connectivity index (χ0) is 20.8. The number of nitrogens with zero attached hydrogens (tertiary/aromatic N) is 2. The van der Waals surface area contributed by atoms with E-state index in [0.29, 0.717) is 6.61 Å². The molecule has 0 atom stereocenters. The van der Waals surface area contributed by atoms with Gasteiger partial charge in [-0.1, -0.05) is 54.6 Å². The summed E-state index contributed by atoms with van der Waals surface area (Å²) >= 11 is 1.54. The number of rotatable bonds is 7. The minimum atomic E-state index is 0.542. The summed E-state index contributed by atoms with van der Waals surface area (Å²) in [7, 11) is 0. The third-order valence-corrected chi connectivity index (χ3v) is 5.53. The Morgan fingerprint density at radius 2 is 1.83 bits per heavy atom. The first-order chi connectivity index (χ1) is 14.7. The van der Waals surface area contributed by atoms with E-state index in [1.807, 2.05) is 47.8 Å². The second-order valence-electron chi connectivity index (χ2n) is 7.05. The number of aryl methyl sites for hydroxylation is 2. The van der Waals surface area contributed by atoms with Crippen molar-refractivity contribution in [3.8, 4) is 17.0 Å². The van der Waals surface area contributed by atoms with E-state index in [2.05, 4.69) is 59.7 Å². The standard InChI is InChI=1S/C25H23N3OS/c1-18-11-12-22(13-19(18)2)24-17-30-25(27-24)28-26-15-21-9-6-10-23(14-21)29-16-20-7-4-3-5-8-20/h3-15,17H,16H2,1-2H3,(H,27,28)/b26-15-. The third kappa shape index (κ3) is 5.13. The lowest BCUT2D eigenvalue weighted by Crippen LogP contribution is -1.96. The van der Waals surface area contributed by atoms with E-state index in [1.54, 1.807) is 6.21 Å². The zero-order valence-electron chi connectivity index (χ0n) is 17.0. The first-order valence-electron chi connectivity index (χ1n) is 9.76. The van der Waals surface area contributed by atoms with Crippen molar-refractivity contribution in [3.05, 3.63) is 100 Å². The predicted octanol–water partition coefficient (Wildman–Crippen LogP) is 6.45. The fraction of sp³-hybridized carbons (Fsp3) is 0.120. The zero-order valence-corrected chi connectivity index (χ0v) is 17.8. The van der Waals surface area contributed by atoms with Crippen molar-refractivity contribution >= 4 is 22.7 Å². The molecular weight excluding hydrogens is 390 g/mol. The summed E-state index contributed by atoms with van der Waals surface area (Å²) in [6.45, 7) is 4.77. The van der Waals surface area contributed by atoms with Gasteiger partial charge in [0.15, 0.2) is 0 Å². The molecule has 1 N–H and O–H groups in total. The number of hydrogen-bond acceptors (Lipinski definition) is 5. The highest BCUT2D eigenvalue weighted by Crippen LogP contribution is 2.26. The first kappa shape index (κ1) is 19.9. The van der Waals surface area contributed by atoms with Crippen LogP contribution < -0.4 is 10.2 Å². The molecule has 0 amide bonds. The Labute approximate surface area is 180 Å². The lowest BCUT2D eigenvalue weighted by atomic mass is 10.1. The molecule has 4 aromatic rings. The van der Waals surface area contributed by atoms with Crippen LogP contribution in [0.3, 0.4) is 0 Å². The van der Waals surface area contributed by atoms with Crippen LogP contribution in [-0.2, 0) is 6.61 Å². The maximum atomic E-state index is 5.88. The van der Waals surface area contributed by atoms with E-state index < -0.39 is 0 Å². The highest BCUT2D eigenvalue weighted by molar-refractivity contribution is 7.14. The van der Waals surface area contributed by atoms with Crippen LogP contribution in [0.15, 0.2) is 83.3 Å². The molecule has 4 nitrogen and oxygen atoms in total. The summed E-state index contributed by atoms with van der Waals surface area (Å²) in [6, 6.07) is 24.4. The molecule has 0 bridgehead atoms. The highest BCUT2D eigenvalue weighted by atomic mass is 32.1. The number of hydrogen-bond donors (Lipinski definition) is 1. The van der Waals surface area contributed by atoms with Crippen LogP contribution in [-0.4, -0.2) is 11.2 Å². The van der Waals surface area contributed by atoms with Gasteiger partial charge in [0.25, 0.3) is 0 Å². The molecular formula is C25H23N3OS. The van der Waals surface area contributed by atoms with E-state index in [0.717, 1.165) is 33.3 Å². The lowest BCUT2D eigenvalue weighted by Gasteiger charge is -2.06. The van der Waals surface area contributed by atoms with Gasteiger partial charge in [-0.25, -0.2) is 4.98 Å². The highest BCUT2D eigenvalue weighted by Gasteiger charge is 2.05. The normalized spacial score (nSPS) is 11.0. The molecule has 0 radical (unpaired) electrons. The second kappa shape index (κ2) is 9.37. The van der Waals surface area contributed by atoms with Crippen molar-refractivity contribution in [2.45, 2.75) is 20.5 Å². The van der Waals surface area contributed by atoms with Crippen LogP contribution in [0.4, 0.5) is 5.13 Å². The summed E-state index contributed by atoms with van der Waals surface area (Å²) in [5, 5.41) is 7.13. The van der Waals surface area contributed by atoms with Crippen molar-refractivity contribution in [3.63, 3.8) is 0 Å². The molecule has 4 rings (SSSR count).